The van der Waals surface area contributed by atoms with E-state index in [4.69, 9.17) is 16.0 Å². The fourth-order valence-electron chi connectivity index (χ4n) is 0.903. The molecule has 7 nitrogen and oxygen atoms in total. The van der Waals surface area contributed by atoms with E-state index in [9.17, 15) is 13.2 Å². The number of carbonyl (C=O) groups is 1. The minimum absolute atomic E-state index is 0. The Morgan fingerprint density at radius 2 is 2.00 bits per heavy atom. The van der Waals surface area contributed by atoms with E-state index < -0.39 is 27.8 Å². The van der Waals surface area contributed by atoms with Crippen molar-refractivity contribution in [1.82, 2.24) is 5.32 Å². The molecule has 0 aromatic rings. The molecule has 0 heterocycles. The summed E-state index contributed by atoms with van der Waals surface area (Å²) < 4.78 is 29.0. The Hall–Kier alpha value is -0.410. The van der Waals surface area contributed by atoms with Crippen molar-refractivity contribution in [2.24, 2.45) is 11.5 Å². The van der Waals surface area contributed by atoms with Crippen LogP contribution in [-0.2, 0) is 14.9 Å². The first-order chi connectivity index (χ1) is 6.87. The third kappa shape index (κ3) is 10.1. The Morgan fingerprint density at radius 3 is 2.44 bits per heavy atom. The second kappa shape index (κ2) is 8.71. The van der Waals surface area contributed by atoms with Crippen LogP contribution in [0.25, 0.3) is 0 Å². The number of halogens is 1. The minimum Gasteiger partial charge on any atom is -0.354 e. The fraction of sp³-hybridized carbons (Fsp3) is 0.857. The lowest BCUT2D eigenvalue weighted by atomic mass is 10.1. The van der Waals surface area contributed by atoms with Gasteiger partial charge in [-0.1, -0.05) is 0 Å². The summed E-state index contributed by atoms with van der Waals surface area (Å²) in [7, 11) is -4.04. The highest BCUT2D eigenvalue weighted by Gasteiger charge is 2.13. The van der Waals surface area contributed by atoms with Gasteiger partial charge in [-0.2, -0.15) is 8.42 Å². The molecule has 0 aromatic heterocycles. The smallest absolute Gasteiger partial charge is 0.266 e. The fourth-order valence-corrected chi connectivity index (χ4v) is 1.26. The second-order valence-corrected chi connectivity index (χ2v) is 4.69. The number of nitrogens with two attached hydrogens (primary N) is 2. The first kappa shape index (κ1) is 18.0. The van der Waals surface area contributed by atoms with E-state index >= 15 is 0 Å². The third-order valence-electron chi connectivity index (χ3n) is 1.72. The maximum atomic E-state index is 11.2. The molecule has 0 aliphatic carbocycles. The predicted octanol–water partition coefficient (Wildman–Crippen LogP) is -1.52. The van der Waals surface area contributed by atoms with Crippen molar-refractivity contribution in [2.75, 3.05) is 18.8 Å². The van der Waals surface area contributed by atoms with E-state index in [1.807, 2.05) is 0 Å². The van der Waals surface area contributed by atoms with Crippen molar-refractivity contribution in [3.05, 3.63) is 0 Å². The Bertz CT molecular complexity index is 296. The first-order valence-corrected chi connectivity index (χ1v) is 6.16. The van der Waals surface area contributed by atoms with Crippen LogP contribution in [0.1, 0.15) is 12.8 Å². The molecule has 0 bridgehead atoms. The van der Waals surface area contributed by atoms with Gasteiger partial charge in [0.1, 0.15) is 0 Å². The molecule has 0 unspecified atom stereocenters. The highest BCUT2D eigenvalue weighted by molar-refractivity contribution is 7.85. The summed E-state index contributed by atoms with van der Waals surface area (Å²) in [5.74, 6) is -0.949. The Kier molecular flexibility index (Phi) is 9.78. The van der Waals surface area contributed by atoms with Gasteiger partial charge in [-0.15, -0.1) is 12.4 Å². The van der Waals surface area contributed by atoms with Crippen LogP contribution in [0.15, 0.2) is 0 Å². The Labute approximate surface area is 101 Å². The van der Waals surface area contributed by atoms with Crippen LogP contribution in [0.4, 0.5) is 0 Å². The van der Waals surface area contributed by atoms with Crippen LogP contribution in [0.3, 0.4) is 0 Å². The molecule has 0 fully saturated rings. The number of rotatable bonds is 7. The lowest BCUT2D eigenvalue weighted by molar-refractivity contribution is -0.122. The molecule has 9 heteroatoms. The summed E-state index contributed by atoms with van der Waals surface area (Å²) in [5, 5.41) is 2.30. The molecule has 0 spiro atoms. The summed E-state index contributed by atoms with van der Waals surface area (Å²) in [6.07, 6.45) is 1.08. The van der Waals surface area contributed by atoms with Crippen LogP contribution in [0, 0.1) is 0 Å². The average Bonchev–Trinajstić information content (AvgIpc) is 2.11. The predicted molar refractivity (Wildman–Crippen MR) is 62.9 cm³/mol. The van der Waals surface area contributed by atoms with Crippen LogP contribution < -0.4 is 16.8 Å². The Balaban J connectivity index is 0. The zero-order valence-electron chi connectivity index (χ0n) is 8.76. The molecule has 6 N–H and O–H groups in total. The van der Waals surface area contributed by atoms with Crippen LogP contribution in [0.5, 0.6) is 0 Å². The number of nitrogens with one attached hydrogen (secondary N) is 1. The van der Waals surface area contributed by atoms with Crippen molar-refractivity contribution in [1.29, 1.82) is 0 Å². The minimum atomic E-state index is -4.04. The maximum Gasteiger partial charge on any atom is 0.266 e. The van der Waals surface area contributed by atoms with Gasteiger partial charge in [0.2, 0.25) is 5.91 Å². The molecule has 0 aliphatic heterocycles. The van der Waals surface area contributed by atoms with E-state index in [0.717, 1.165) is 0 Å². The van der Waals surface area contributed by atoms with Gasteiger partial charge in [0.25, 0.3) is 10.1 Å². The molecule has 98 valence electrons. The quantitative estimate of drug-likeness (QED) is 0.417. The van der Waals surface area contributed by atoms with Gasteiger partial charge < -0.3 is 16.8 Å². The lowest BCUT2D eigenvalue weighted by Gasteiger charge is -2.10. The van der Waals surface area contributed by atoms with Crippen molar-refractivity contribution in [3.8, 4) is 0 Å². The third-order valence-corrected chi connectivity index (χ3v) is 2.44. The van der Waals surface area contributed by atoms with Gasteiger partial charge in [0.05, 0.1) is 11.8 Å². The first-order valence-electron chi connectivity index (χ1n) is 4.55. The standard InChI is InChI=1S/C7H17N3O4S.ClH/c8-3-1-2-6(9)7(11)10-4-5-15(12,13)14;/h6H,1-5,8-9H2,(H,10,11)(H,12,13,14);1H/t6-;/m0./s1. The van der Waals surface area contributed by atoms with Gasteiger partial charge in [0, 0.05) is 6.54 Å². The van der Waals surface area contributed by atoms with Crippen molar-refractivity contribution in [3.63, 3.8) is 0 Å². The molecular formula is C7H18ClN3O4S. The van der Waals surface area contributed by atoms with E-state index in [-0.39, 0.29) is 19.0 Å². The van der Waals surface area contributed by atoms with Crippen LogP contribution in [-0.4, -0.2) is 43.8 Å². The van der Waals surface area contributed by atoms with Crippen molar-refractivity contribution in [2.45, 2.75) is 18.9 Å². The highest BCUT2D eigenvalue weighted by Crippen LogP contribution is 1.92. The SMILES string of the molecule is Cl.NCCC[C@H](N)C(=O)NCCS(=O)(=O)O. The van der Waals surface area contributed by atoms with Crippen molar-refractivity contribution < 1.29 is 17.8 Å². The summed E-state index contributed by atoms with van der Waals surface area (Å²) >= 11 is 0. The van der Waals surface area contributed by atoms with E-state index in [1.165, 1.54) is 0 Å². The molecule has 16 heavy (non-hydrogen) atoms. The average molecular weight is 276 g/mol. The van der Waals surface area contributed by atoms with Gasteiger partial charge in [0.15, 0.2) is 0 Å². The summed E-state index contributed by atoms with van der Waals surface area (Å²) in [6, 6.07) is -0.685. The molecule has 1 atom stereocenters. The summed E-state index contributed by atoms with van der Waals surface area (Å²) in [5.41, 5.74) is 10.7. The van der Waals surface area contributed by atoms with Crippen LogP contribution >= 0.6 is 12.4 Å². The van der Waals surface area contributed by atoms with E-state index in [0.29, 0.717) is 19.4 Å². The summed E-state index contributed by atoms with van der Waals surface area (Å²) in [6.45, 7) is 0.306. The van der Waals surface area contributed by atoms with E-state index in [1.54, 1.807) is 0 Å². The van der Waals surface area contributed by atoms with Crippen molar-refractivity contribution >= 4 is 28.4 Å². The Morgan fingerprint density at radius 1 is 1.44 bits per heavy atom. The largest absolute Gasteiger partial charge is 0.354 e. The second-order valence-electron chi connectivity index (χ2n) is 3.11. The molecule has 0 saturated carbocycles. The zero-order chi connectivity index (χ0) is 11.9. The summed E-state index contributed by atoms with van der Waals surface area (Å²) in [4.78, 5) is 11.2. The molecule has 1 amide bonds. The van der Waals surface area contributed by atoms with Gasteiger partial charge in [-0.3, -0.25) is 9.35 Å². The molecule has 0 saturated heterocycles. The lowest BCUT2D eigenvalue weighted by Crippen LogP contribution is -2.42. The number of hydrogen-bond acceptors (Lipinski definition) is 5. The van der Waals surface area contributed by atoms with Crippen LogP contribution in [0.2, 0.25) is 0 Å². The number of hydrogen-bond donors (Lipinski definition) is 4. The zero-order valence-corrected chi connectivity index (χ0v) is 10.4. The van der Waals surface area contributed by atoms with E-state index in [2.05, 4.69) is 5.32 Å². The molecule has 0 radical (unpaired) electrons. The number of amides is 1. The topological polar surface area (TPSA) is 136 Å². The molecule has 0 rings (SSSR count). The normalized spacial score (nSPS) is 12.7. The molecule has 0 aliphatic rings. The monoisotopic (exact) mass is 275 g/mol. The van der Waals surface area contributed by atoms with Gasteiger partial charge in [-0.05, 0) is 19.4 Å². The highest BCUT2D eigenvalue weighted by atomic mass is 35.5. The molecule has 0 aromatic carbocycles. The number of carbonyl (C=O) groups excluding carboxylic acids is 1. The molecular weight excluding hydrogens is 258 g/mol. The van der Waals surface area contributed by atoms with Gasteiger partial charge in [-0.25, -0.2) is 0 Å². The maximum absolute atomic E-state index is 11.2. The van der Waals surface area contributed by atoms with Gasteiger partial charge >= 0.3 is 0 Å².